The molecule has 2 aliphatic rings. The van der Waals surface area contributed by atoms with Gasteiger partial charge in [-0.2, -0.15) is 0 Å². The summed E-state index contributed by atoms with van der Waals surface area (Å²) in [6.07, 6.45) is 2.50. The summed E-state index contributed by atoms with van der Waals surface area (Å²) < 4.78 is 10.7. The van der Waals surface area contributed by atoms with Gasteiger partial charge in [0.2, 0.25) is 5.96 Å². The normalized spacial score (nSPS) is 20.3. The van der Waals surface area contributed by atoms with Gasteiger partial charge in [0.25, 0.3) is 0 Å². The minimum Gasteiger partial charge on any atom is -0.497 e. The summed E-state index contributed by atoms with van der Waals surface area (Å²) in [6, 6.07) is 5.62. The van der Waals surface area contributed by atoms with Gasteiger partial charge in [-0.15, -0.1) is 5.10 Å². The van der Waals surface area contributed by atoms with Crippen LogP contribution in [0.5, 0.6) is 11.5 Å². The van der Waals surface area contributed by atoms with Gasteiger partial charge in [-0.05, 0) is 18.1 Å². The maximum absolute atomic E-state index is 12.4. The van der Waals surface area contributed by atoms with E-state index >= 15 is 0 Å². The second-order valence-electron chi connectivity index (χ2n) is 5.37. The molecule has 1 unspecified atom stereocenters. The number of methoxy groups -OCH3 is 2. The molecule has 0 saturated carbocycles. The molecule has 1 aromatic rings. The second kappa shape index (κ2) is 6.12. The van der Waals surface area contributed by atoms with E-state index in [1.54, 1.807) is 14.2 Å². The number of nitrogens with zero attached hydrogens (tertiary/aromatic N) is 2. The van der Waals surface area contributed by atoms with E-state index in [0.717, 1.165) is 11.3 Å². The number of guanidine groups is 1. The highest BCUT2D eigenvalue weighted by Gasteiger charge is 2.30. The zero-order valence-corrected chi connectivity index (χ0v) is 13.0. The fourth-order valence-corrected chi connectivity index (χ4v) is 2.85. The van der Waals surface area contributed by atoms with Gasteiger partial charge in [0.05, 0.1) is 19.8 Å². The first kappa shape index (κ1) is 15.1. The van der Waals surface area contributed by atoms with Gasteiger partial charge < -0.3 is 15.2 Å². The summed E-state index contributed by atoms with van der Waals surface area (Å²) >= 11 is 0. The van der Waals surface area contributed by atoms with Crippen LogP contribution in [0.25, 0.3) is 0 Å². The number of carbonyl (C=O) groups excluding carboxylic acids is 1. The molecule has 1 heterocycles. The Hall–Kier alpha value is -2.83. The standard InChI is InChI=1S/C16H18N4O3/c1-22-10-3-4-11(15(7-10)23-2)9-5-13-12(14(21)6-9)8-18-16(17)20-19-13/h3-4,7-9,19H,5-6H2,1-2H3,(H2,17,20). The number of allylic oxidation sites excluding steroid dienone is 2. The third-order valence-electron chi connectivity index (χ3n) is 4.02. The van der Waals surface area contributed by atoms with Crippen molar-refractivity contribution in [2.75, 3.05) is 14.2 Å². The van der Waals surface area contributed by atoms with Crippen LogP contribution in [0.1, 0.15) is 24.3 Å². The molecule has 0 bridgehead atoms. The smallest absolute Gasteiger partial charge is 0.237 e. The van der Waals surface area contributed by atoms with Crippen LogP contribution in [0.3, 0.4) is 0 Å². The summed E-state index contributed by atoms with van der Waals surface area (Å²) in [7, 11) is 3.21. The fraction of sp³-hybridized carbons (Fsp3) is 0.312. The van der Waals surface area contributed by atoms with Crippen molar-refractivity contribution in [2.24, 2.45) is 15.8 Å². The van der Waals surface area contributed by atoms with Crippen LogP contribution in [0.2, 0.25) is 0 Å². The van der Waals surface area contributed by atoms with Crippen LogP contribution in [0, 0.1) is 0 Å². The van der Waals surface area contributed by atoms with Crippen molar-refractivity contribution in [2.45, 2.75) is 18.8 Å². The fourth-order valence-electron chi connectivity index (χ4n) is 2.85. The average molecular weight is 314 g/mol. The largest absolute Gasteiger partial charge is 0.497 e. The topological polar surface area (TPSA) is 98.3 Å². The molecule has 1 atom stereocenters. The van der Waals surface area contributed by atoms with Crippen LogP contribution < -0.4 is 20.6 Å². The molecule has 0 amide bonds. The molecular weight excluding hydrogens is 296 g/mol. The molecule has 23 heavy (non-hydrogen) atoms. The first-order valence-corrected chi connectivity index (χ1v) is 7.24. The van der Waals surface area contributed by atoms with Crippen molar-refractivity contribution in [3.05, 3.63) is 35.0 Å². The molecule has 1 aliphatic heterocycles. The van der Waals surface area contributed by atoms with E-state index in [-0.39, 0.29) is 17.7 Å². The molecular formula is C16H18N4O3. The highest BCUT2D eigenvalue weighted by molar-refractivity contribution is 6.16. The van der Waals surface area contributed by atoms with Gasteiger partial charge in [-0.1, -0.05) is 6.07 Å². The number of ether oxygens (including phenoxy) is 2. The van der Waals surface area contributed by atoms with Crippen molar-refractivity contribution in [1.82, 2.24) is 5.43 Å². The second-order valence-corrected chi connectivity index (χ2v) is 5.37. The number of Topliss-reactive ketones (excluding diaryl/α,β-unsaturated/α-hetero) is 1. The lowest BCUT2D eigenvalue weighted by molar-refractivity contribution is -0.115. The van der Waals surface area contributed by atoms with E-state index < -0.39 is 0 Å². The molecule has 0 saturated heterocycles. The molecule has 3 N–H and O–H groups in total. The summed E-state index contributed by atoms with van der Waals surface area (Å²) in [4.78, 5) is 16.4. The summed E-state index contributed by atoms with van der Waals surface area (Å²) in [5.41, 5.74) is 10.7. The van der Waals surface area contributed by atoms with Gasteiger partial charge in [-0.3, -0.25) is 10.2 Å². The molecule has 1 aliphatic carbocycles. The summed E-state index contributed by atoms with van der Waals surface area (Å²) in [5.74, 6) is 1.53. The van der Waals surface area contributed by atoms with E-state index in [2.05, 4.69) is 15.5 Å². The first-order chi connectivity index (χ1) is 11.1. The van der Waals surface area contributed by atoms with Crippen LogP contribution in [-0.2, 0) is 4.79 Å². The minimum atomic E-state index is -0.00229. The molecule has 120 valence electrons. The molecule has 7 heteroatoms. The molecule has 3 rings (SSSR count). The summed E-state index contributed by atoms with van der Waals surface area (Å²) in [5, 5.41) is 3.93. The van der Waals surface area contributed by atoms with Crippen molar-refractivity contribution < 1.29 is 14.3 Å². The third-order valence-corrected chi connectivity index (χ3v) is 4.02. The van der Waals surface area contributed by atoms with Crippen LogP contribution in [0.15, 0.2) is 39.6 Å². The predicted octanol–water partition coefficient (Wildman–Crippen LogP) is 1.31. The molecule has 0 aromatic heterocycles. The van der Waals surface area contributed by atoms with Crippen molar-refractivity contribution in [3.63, 3.8) is 0 Å². The van der Waals surface area contributed by atoms with Gasteiger partial charge in [0.1, 0.15) is 11.5 Å². The van der Waals surface area contributed by atoms with E-state index in [1.165, 1.54) is 6.21 Å². The molecule has 1 aromatic carbocycles. The Morgan fingerprint density at radius 2 is 2.09 bits per heavy atom. The number of aliphatic imine (C=N–C) groups is 1. The predicted molar refractivity (Wildman–Crippen MR) is 86.8 cm³/mol. The van der Waals surface area contributed by atoms with Crippen molar-refractivity contribution in [1.29, 1.82) is 0 Å². The average Bonchev–Trinajstić information content (AvgIpc) is 2.76. The highest BCUT2D eigenvalue weighted by Crippen LogP contribution is 2.39. The Bertz CT molecular complexity index is 737. The Morgan fingerprint density at radius 1 is 1.26 bits per heavy atom. The maximum Gasteiger partial charge on any atom is 0.237 e. The lowest BCUT2D eigenvalue weighted by atomic mass is 9.82. The number of hydrogen-bond acceptors (Lipinski definition) is 7. The Morgan fingerprint density at radius 3 is 2.83 bits per heavy atom. The Labute approximate surface area is 133 Å². The summed E-state index contributed by atoms with van der Waals surface area (Å²) in [6.45, 7) is 0. The molecule has 0 radical (unpaired) electrons. The lowest BCUT2D eigenvalue weighted by Gasteiger charge is -2.25. The SMILES string of the molecule is COc1ccc(C2CC(=O)C3=C(C2)NN=C(N)N=C3)c(OC)c1. The lowest BCUT2D eigenvalue weighted by Crippen LogP contribution is -2.24. The molecule has 0 fully saturated rings. The van der Waals surface area contributed by atoms with E-state index in [0.29, 0.717) is 29.9 Å². The number of ketones is 1. The number of nitrogens with two attached hydrogens (primary N) is 1. The van der Waals surface area contributed by atoms with E-state index in [4.69, 9.17) is 15.2 Å². The molecule has 0 spiro atoms. The van der Waals surface area contributed by atoms with Crippen molar-refractivity contribution in [3.8, 4) is 11.5 Å². The van der Waals surface area contributed by atoms with Gasteiger partial charge in [0, 0.05) is 30.3 Å². The number of hydrogen-bond donors (Lipinski definition) is 2. The monoisotopic (exact) mass is 314 g/mol. The number of nitrogens with one attached hydrogen (secondary N) is 1. The molecule has 7 nitrogen and oxygen atoms in total. The van der Waals surface area contributed by atoms with Crippen molar-refractivity contribution >= 4 is 18.0 Å². The van der Waals surface area contributed by atoms with Gasteiger partial charge in [-0.25, -0.2) is 4.99 Å². The Balaban J connectivity index is 1.94. The quantitative estimate of drug-likeness (QED) is 0.876. The van der Waals surface area contributed by atoms with Crippen LogP contribution in [0.4, 0.5) is 0 Å². The van der Waals surface area contributed by atoms with Crippen LogP contribution >= 0.6 is 0 Å². The first-order valence-electron chi connectivity index (χ1n) is 7.24. The van der Waals surface area contributed by atoms with E-state index in [9.17, 15) is 4.79 Å². The van der Waals surface area contributed by atoms with Crippen LogP contribution in [-0.4, -0.2) is 32.2 Å². The number of carbonyl (C=O) groups is 1. The van der Waals surface area contributed by atoms with E-state index in [1.807, 2.05) is 18.2 Å². The maximum atomic E-state index is 12.4. The zero-order valence-electron chi connectivity index (χ0n) is 13.0. The van der Waals surface area contributed by atoms with Gasteiger partial charge >= 0.3 is 0 Å². The number of benzene rings is 1. The zero-order chi connectivity index (χ0) is 16.4. The Kier molecular flexibility index (Phi) is 4.01. The number of hydrazone groups is 1. The number of rotatable bonds is 3. The van der Waals surface area contributed by atoms with Gasteiger partial charge in [0.15, 0.2) is 5.78 Å². The third kappa shape index (κ3) is 2.90. The highest BCUT2D eigenvalue weighted by atomic mass is 16.5. The minimum absolute atomic E-state index is 0.00229.